The second-order valence-corrected chi connectivity index (χ2v) is 3.92. The monoisotopic (exact) mass is 230 g/mol. The van der Waals surface area contributed by atoms with E-state index in [1.54, 1.807) is 19.0 Å². The summed E-state index contributed by atoms with van der Waals surface area (Å²) in [4.78, 5) is 1.65. The topological polar surface area (TPSA) is 49.5 Å². The van der Waals surface area contributed by atoms with Gasteiger partial charge >= 0.3 is 0 Å². The van der Waals surface area contributed by atoms with Crippen molar-refractivity contribution in [3.8, 4) is 0 Å². The van der Waals surface area contributed by atoms with E-state index in [4.69, 9.17) is 10.8 Å². The Morgan fingerprint density at radius 3 is 2.50 bits per heavy atom. The van der Waals surface area contributed by atoms with E-state index in [9.17, 15) is 8.78 Å². The number of nitrogens with zero attached hydrogens (tertiary/aromatic N) is 1. The van der Waals surface area contributed by atoms with Gasteiger partial charge in [0, 0.05) is 11.6 Å². The predicted molar refractivity (Wildman–Crippen MR) is 57.8 cm³/mol. The Hall–Kier alpha value is -1.04. The van der Waals surface area contributed by atoms with Crippen molar-refractivity contribution in [2.45, 2.75) is 12.1 Å². The molecule has 90 valence electrons. The van der Waals surface area contributed by atoms with Gasteiger partial charge in [0.15, 0.2) is 0 Å². The maximum Gasteiger partial charge on any atom is 0.128 e. The van der Waals surface area contributed by atoms with Crippen molar-refractivity contribution in [3.05, 3.63) is 35.4 Å². The van der Waals surface area contributed by atoms with Gasteiger partial charge in [-0.3, -0.25) is 0 Å². The molecule has 0 amide bonds. The van der Waals surface area contributed by atoms with E-state index in [1.165, 1.54) is 0 Å². The standard InChI is InChI=1S/C11H16F2N2O/c1-15(2)11(10(14)6-16)8-5-7(12)3-4-9(8)13/h3-5,10-11,16H,6,14H2,1-2H3. The third-order valence-corrected chi connectivity index (χ3v) is 2.45. The van der Waals surface area contributed by atoms with Crippen LogP contribution in [0.5, 0.6) is 0 Å². The fourth-order valence-electron chi connectivity index (χ4n) is 1.73. The molecule has 0 aliphatic rings. The normalized spacial score (nSPS) is 15.2. The maximum absolute atomic E-state index is 13.5. The van der Waals surface area contributed by atoms with Crippen LogP contribution in [0.15, 0.2) is 18.2 Å². The average molecular weight is 230 g/mol. The van der Waals surface area contributed by atoms with E-state index in [1.807, 2.05) is 0 Å². The van der Waals surface area contributed by atoms with Crippen LogP contribution in [0.4, 0.5) is 8.78 Å². The second-order valence-electron chi connectivity index (χ2n) is 3.92. The molecule has 16 heavy (non-hydrogen) atoms. The molecule has 1 aromatic rings. The summed E-state index contributed by atoms with van der Waals surface area (Å²) in [5.74, 6) is -1.04. The van der Waals surface area contributed by atoms with Gasteiger partial charge in [0.1, 0.15) is 11.6 Å². The lowest BCUT2D eigenvalue weighted by molar-refractivity contribution is 0.178. The SMILES string of the molecule is CN(C)C(c1cc(F)ccc1F)C(N)CO. The first kappa shape index (κ1) is 13.0. The molecule has 1 rings (SSSR count). The van der Waals surface area contributed by atoms with Gasteiger partial charge in [-0.2, -0.15) is 0 Å². The van der Waals surface area contributed by atoms with Crippen molar-refractivity contribution < 1.29 is 13.9 Å². The molecule has 0 spiro atoms. The maximum atomic E-state index is 13.5. The van der Waals surface area contributed by atoms with Crippen LogP contribution in [0.25, 0.3) is 0 Å². The summed E-state index contributed by atoms with van der Waals surface area (Å²) < 4.78 is 26.6. The average Bonchev–Trinajstić information content (AvgIpc) is 2.22. The first-order valence-corrected chi connectivity index (χ1v) is 4.95. The van der Waals surface area contributed by atoms with E-state index in [0.717, 1.165) is 18.2 Å². The minimum Gasteiger partial charge on any atom is -0.395 e. The summed E-state index contributed by atoms with van der Waals surface area (Å²) in [6.45, 7) is -0.293. The Labute approximate surface area is 93.5 Å². The molecule has 1 aromatic carbocycles. The first-order valence-electron chi connectivity index (χ1n) is 4.95. The molecule has 0 aromatic heterocycles. The van der Waals surface area contributed by atoms with Crippen LogP contribution >= 0.6 is 0 Å². The molecular weight excluding hydrogens is 214 g/mol. The van der Waals surface area contributed by atoms with E-state index in [2.05, 4.69) is 0 Å². The number of likely N-dealkylation sites (N-methyl/N-ethyl adjacent to an activating group) is 1. The molecule has 0 saturated carbocycles. The molecule has 0 aliphatic carbocycles. The first-order chi connectivity index (χ1) is 7.47. The molecule has 2 atom stereocenters. The molecule has 2 unspecified atom stereocenters. The van der Waals surface area contributed by atoms with Crippen LogP contribution in [0.3, 0.4) is 0 Å². The molecule has 0 radical (unpaired) electrons. The van der Waals surface area contributed by atoms with Gasteiger partial charge in [0.25, 0.3) is 0 Å². The largest absolute Gasteiger partial charge is 0.395 e. The lowest BCUT2D eigenvalue weighted by Crippen LogP contribution is -2.40. The van der Waals surface area contributed by atoms with Crippen molar-refractivity contribution >= 4 is 0 Å². The number of rotatable bonds is 4. The van der Waals surface area contributed by atoms with Gasteiger partial charge in [0.05, 0.1) is 12.6 Å². The summed E-state index contributed by atoms with van der Waals surface area (Å²) in [5.41, 5.74) is 5.85. The lowest BCUT2D eigenvalue weighted by atomic mass is 9.98. The lowest BCUT2D eigenvalue weighted by Gasteiger charge is -2.29. The number of benzene rings is 1. The zero-order valence-corrected chi connectivity index (χ0v) is 9.32. The van der Waals surface area contributed by atoms with Gasteiger partial charge in [-0.05, 0) is 32.3 Å². The van der Waals surface area contributed by atoms with E-state index >= 15 is 0 Å². The third kappa shape index (κ3) is 2.75. The molecule has 5 heteroatoms. The number of aliphatic hydroxyl groups is 1. The second kappa shape index (κ2) is 5.34. The molecule has 3 N–H and O–H groups in total. The van der Waals surface area contributed by atoms with E-state index < -0.39 is 23.7 Å². The van der Waals surface area contributed by atoms with Crippen LogP contribution in [0.2, 0.25) is 0 Å². The smallest absolute Gasteiger partial charge is 0.128 e. The number of halogens is 2. The number of nitrogens with two attached hydrogens (primary N) is 1. The van der Waals surface area contributed by atoms with Gasteiger partial charge in [-0.1, -0.05) is 0 Å². The van der Waals surface area contributed by atoms with Gasteiger partial charge in [0.2, 0.25) is 0 Å². The van der Waals surface area contributed by atoms with Crippen molar-refractivity contribution in [3.63, 3.8) is 0 Å². The van der Waals surface area contributed by atoms with Crippen LogP contribution in [0.1, 0.15) is 11.6 Å². The van der Waals surface area contributed by atoms with Crippen LogP contribution < -0.4 is 5.73 Å². The molecule has 0 fully saturated rings. The van der Waals surface area contributed by atoms with Crippen molar-refractivity contribution in [1.82, 2.24) is 4.90 Å². The Balaban J connectivity index is 3.15. The van der Waals surface area contributed by atoms with Crippen molar-refractivity contribution in [2.75, 3.05) is 20.7 Å². The fraction of sp³-hybridized carbons (Fsp3) is 0.455. The molecule has 0 heterocycles. The van der Waals surface area contributed by atoms with Crippen LogP contribution in [-0.2, 0) is 0 Å². The summed E-state index contributed by atoms with van der Waals surface area (Å²) in [5, 5.41) is 9.01. The van der Waals surface area contributed by atoms with Crippen LogP contribution in [0, 0.1) is 11.6 Å². The van der Waals surface area contributed by atoms with Crippen molar-refractivity contribution in [2.24, 2.45) is 5.73 Å². The molecule has 0 bridgehead atoms. The Morgan fingerprint density at radius 2 is 2.00 bits per heavy atom. The molecule has 0 aliphatic heterocycles. The minimum absolute atomic E-state index is 0.159. The summed E-state index contributed by atoms with van der Waals surface area (Å²) in [6, 6.07) is 2.00. The molecule has 3 nitrogen and oxygen atoms in total. The molecular formula is C11H16F2N2O. The Kier molecular flexibility index (Phi) is 4.35. The van der Waals surface area contributed by atoms with E-state index in [0.29, 0.717) is 0 Å². The highest BCUT2D eigenvalue weighted by molar-refractivity contribution is 5.23. The Bertz CT molecular complexity index is 358. The van der Waals surface area contributed by atoms with Crippen LogP contribution in [-0.4, -0.2) is 36.8 Å². The number of hydrogen-bond acceptors (Lipinski definition) is 3. The number of hydrogen-bond donors (Lipinski definition) is 2. The fourth-order valence-corrected chi connectivity index (χ4v) is 1.73. The van der Waals surface area contributed by atoms with Gasteiger partial charge in [-0.15, -0.1) is 0 Å². The minimum atomic E-state index is -0.661. The zero-order valence-electron chi connectivity index (χ0n) is 9.32. The third-order valence-electron chi connectivity index (χ3n) is 2.45. The summed E-state index contributed by atoms with van der Waals surface area (Å²) in [7, 11) is 3.40. The number of aliphatic hydroxyl groups excluding tert-OH is 1. The Morgan fingerprint density at radius 1 is 1.38 bits per heavy atom. The summed E-state index contributed by atoms with van der Waals surface area (Å²) >= 11 is 0. The highest BCUT2D eigenvalue weighted by Crippen LogP contribution is 2.24. The highest BCUT2D eigenvalue weighted by atomic mass is 19.1. The quantitative estimate of drug-likeness (QED) is 0.807. The van der Waals surface area contributed by atoms with E-state index in [-0.39, 0.29) is 12.2 Å². The predicted octanol–water partition coefficient (Wildman–Crippen LogP) is 0.887. The summed E-state index contributed by atoms with van der Waals surface area (Å²) in [6.07, 6.45) is 0. The zero-order chi connectivity index (χ0) is 12.3. The highest BCUT2D eigenvalue weighted by Gasteiger charge is 2.24. The molecule has 0 saturated heterocycles. The van der Waals surface area contributed by atoms with Gasteiger partial charge < -0.3 is 15.7 Å². The van der Waals surface area contributed by atoms with Crippen molar-refractivity contribution in [1.29, 1.82) is 0 Å². The van der Waals surface area contributed by atoms with Gasteiger partial charge in [-0.25, -0.2) is 8.78 Å².